The van der Waals surface area contributed by atoms with E-state index in [2.05, 4.69) is 45.3 Å². The van der Waals surface area contributed by atoms with Crippen LogP contribution < -0.4 is 10.4 Å². The van der Waals surface area contributed by atoms with Gasteiger partial charge in [0.25, 0.3) is 0 Å². The molecular weight excluding hydrogens is 216 g/mol. The monoisotopic (exact) mass is 238 g/mol. The van der Waals surface area contributed by atoms with Gasteiger partial charge in [-0.2, -0.15) is 0 Å². The van der Waals surface area contributed by atoms with Gasteiger partial charge in [-0.3, -0.25) is 0 Å². The molecule has 0 radical (unpaired) electrons. The summed E-state index contributed by atoms with van der Waals surface area (Å²) >= 11 is 0. The van der Waals surface area contributed by atoms with Crippen LogP contribution in [0, 0.1) is 0 Å². The molecule has 0 fully saturated rings. The van der Waals surface area contributed by atoms with E-state index in [4.69, 9.17) is 0 Å². The smallest absolute Gasteiger partial charge is 0.115 e. The minimum absolute atomic E-state index is 0.437. The zero-order chi connectivity index (χ0) is 11.9. The number of hydrogen-bond acceptors (Lipinski definition) is 1. The van der Waals surface area contributed by atoms with Gasteiger partial charge in [0.05, 0.1) is 16.1 Å². The first-order valence-corrected chi connectivity index (χ1v) is 12.5. The van der Waals surface area contributed by atoms with Gasteiger partial charge >= 0.3 is 0 Å². The first-order chi connectivity index (χ1) is 6.60. The topological polar surface area (TPSA) is 20.2 Å². The Hall–Kier alpha value is -0.546. The lowest BCUT2D eigenvalue weighted by molar-refractivity contribution is 0.476. The molecule has 1 N–H and O–H groups in total. The van der Waals surface area contributed by atoms with Crippen LogP contribution in [0.25, 0.3) is 0 Å². The zero-order valence-electron chi connectivity index (χ0n) is 10.7. The average Bonchev–Trinajstić information content (AvgIpc) is 1.99. The Bertz CT molecular complexity index is 327. The molecular formula is C12H22OSi2. The van der Waals surface area contributed by atoms with Crippen molar-refractivity contribution in [1.82, 2.24) is 0 Å². The fraction of sp³-hybridized carbons (Fsp3) is 0.500. The van der Waals surface area contributed by atoms with Crippen LogP contribution in [0.15, 0.2) is 18.2 Å². The first kappa shape index (κ1) is 12.5. The Kier molecular flexibility index (Phi) is 3.17. The highest BCUT2D eigenvalue weighted by atomic mass is 28.3. The molecule has 0 aliphatic heterocycles. The van der Waals surface area contributed by atoms with Gasteiger partial charge < -0.3 is 5.11 Å². The van der Waals surface area contributed by atoms with Gasteiger partial charge in [0, 0.05) is 0 Å². The van der Waals surface area contributed by atoms with Gasteiger partial charge in [-0.1, -0.05) is 55.7 Å². The van der Waals surface area contributed by atoms with Gasteiger partial charge in [-0.15, -0.1) is 0 Å². The molecule has 3 heteroatoms. The zero-order valence-corrected chi connectivity index (χ0v) is 12.7. The fourth-order valence-electron chi connectivity index (χ4n) is 1.48. The highest BCUT2D eigenvalue weighted by molar-refractivity contribution is 6.91. The van der Waals surface area contributed by atoms with Crippen LogP contribution in [0.4, 0.5) is 0 Å². The minimum Gasteiger partial charge on any atom is -0.508 e. The van der Waals surface area contributed by atoms with Crippen molar-refractivity contribution >= 4 is 26.5 Å². The molecule has 84 valence electrons. The van der Waals surface area contributed by atoms with E-state index in [0.717, 1.165) is 0 Å². The largest absolute Gasteiger partial charge is 0.508 e. The molecule has 15 heavy (non-hydrogen) atoms. The highest BCUT2D eigenvalue weighted by Gasteiger charge is 2.22. The van der Waals surface area contributed by atoms with Crippen molar-refractivity contribution < 1.29 is 5.11 Å². The molecule has 0 spiro atoms. The van der Waals surface area contributed by atoms with Crippen LogP contribution in [0.3, 0.4) is 0 Å². The summed E-state index contributed by atoms with van der Waals surface area (Å²) in [4.78, 5) is 0. The number of rotatable bonds is 2. The highest BCUT2D eigenvalue weighted by Crippen LogP contribution is 2.12. The maximum absolute atomic E-state index is 9.76. The molecule has 1 aromatic rings. The predicted octanol–water partition coefficient (Wildman–Crippen LogP) is 2.48. The molecule has 1 nitrogen and oxygen atoms in total. The molecule has 0 unspecified atom stereocenters. The van der Waals surface area contributed by atoms with Gasteiger partial charge in [0.1, 0.15) is 5.75 Å². The van der Waals surface area contributed by atoms with Crippen molar-refractivity contribution in [3.63, 3.8) is 0 Å². The summed E-state index contributed by atoms with van der Waals surface area (Å²) < 4.78 is 0. The first-order valence-electron chi connectivity index (χ1n) is 5.46. The Morgan fingerprint density at radius 1 is 0.733 bits per heavy atom. The van der Waals surface area contributed by atoms with Crippen LogP contribution in [0.1, 0.15) is 0 Å². The molecule has 0 aliphatic rings. The second-order valence-corrected chi connectivity index (χ2v) is 16.4. The number of aromatic hydroxyl groups is 1. The minimum atomic E-state index is -1.31. The standard InChI is InChI=1S/C12H22OSi2/c1-14(2,3)11-7-10(13)8-12(9-11)15(4,5)6/h7-9,13H,1-6H3. The summed E-state index contributed by atoms with van der Waals surface area (Å²) in [7, 11) is -2.63. The van der Waals surface area contributed by atoms with Crippen molar-refractivity contribution in [2.45, 2.75) is 39.3 Å². The van der Waals surface area contributed by atoms with Gasteiger partial charge in [-0.05, 0) is 12.1 Å². The van der Waals surface area contributed by atoms with Crippen molar-refractivity contribution in [3.8, 4) is 5.75 Å². The molecule has 0 aliphatic carbocycles. The van der Waals surface area contributed by atoms with E-state index in [-0.39, 0.29) is 0 Å². The predicted molar refractivity (Wildman–Crippen MR) is 74.1 cm³/mol. The van der Waals surface area contributed by atoms with Crippen molar-refractivity contribution in [3.05, 3.63) is 18.2 Å². The third-order valence-corrected chi connectivity index (χ3v) is 6.69. The van der Waals surface area contributed by atoms with Gasteiger partial charge in [-0.25, -0.2) is 0 Å². The number of phenols is 1. The second-order valence-electron chi connectivity index (χ2n) is 6.27. The number of hydrogen-bond donors (Lipinski definition) is 1. The lowest BCUT2D eigenvalue weighted by atomic mass is 10.3. The lowest BCUT2D eigenvalue weighted by Gasteiger charge is -2.22. The van der Waals surface area contributed by atoms with Crippen LogP contribution in [-0.2, 0) is 0 Å². The second kappa shape index (κ2) is 3.79. The van der Waals surface area contributed by atoms with E-state index in [1.165, 1.54) is 10.4 Å². The van der Waals surface area contributed by atoms with Crippen molar-refractivity contribution in [1.29, 1.82) is 0 Å². The molecule has 0 amide bonds. The van der Waals surface area contributed by atoms with E-state index < -0.39 is 16.1 Å². The van der Waals surface area contributed by atoms with Crippen LogP contribution >= 0.6 is 0 Å². The average molecular weight is 238 g/mol. The maximum Gasteiger partial charge on any atom is 0.115 e. The molecule has 0 atom stereocenters. The summed E-state index contributed by atoms with van der Waals surface area (Å²) in [6, 6.07) is 6.20. The van der Waals surface area contributed by atoms with Crippen LogP contribution in [0.2, 0.25) is 39.3 Å². The fourth-order valence-corrected chi connectivity index (χ4v) is 3.96. The van der Waals surface area contributed by atoms with Gasteiger partial charge in [0.15, 0.2) is 0 Å². The Morgan fingerprint density at radius 3 is 1.33 bits per heavy atom. The molecule has 1 aromatic carbocycles. The quantitative estimate of drug-likeness (QED) is 0.785. The lowest BCUT2D eigenvalue weighted by Crippen LogP contribution is -2.44. The Labute approximate surface area is 95.2 Å². The van der Waals surface area contributed by atoms with E-state index in [9.17, 15) is 5.11 Å². The van der Waals surface area contributed by atoms with E-state index in [1.54, 1.807) is 0 Å². The number of phenolic OH excluding ortho intramolecular Hbond substituents is 1. The summed E-state index contributed by atoms with van der Waals surface area (Å²) in [5, 5.41) is 12.5. The molecule has 0 saturated heterocycles. The molecule has 0 aromatic heterocycles. The summed E-state index contributed by atoms with van der Waals surface area (Å²) in [5.74, 6) is 0.437. The van der Waals surface area contributed by atoms with E-state index >= 15 is 0 Å². The number of benzene rings is 1. The molecule has 0 heterocycles. The SMILES string of the molecule is C[Si](C)(C)c1cc(O)cc([Si](C)(C)C)c1. The normalized spacial score (nSPS) is 12.9. The van der Waals surface area contributed by atoms with Gasteiger partial charge in [0.2, 0.25) is 0 Å². The Morgan fingerprint density at radius 2 is 1.07 bits per heavy atom. The van der Waals surface area contributed by atoms with E-state index in [1.807, 2.05) is 12.1 Å². The van der Waals surface area contributed by atoms with Crippen molar-refractivity contribution in [2.24, 2.45) is 0 Å². The molecule has 0 bridgehead atoms. The maximum atomic E-state index is 9.76. The summed E-state index contributed by atoms with van der Waals surface area (Å²) in [6.07, 6.45) is 0. The van der Waals surface area contributed by atoms with Crippen molar-refractivity contribution in [2.75, 3.05) is 0 Å². The van der Waals surface area contributed by atoms with Crippen LogP contribution in [-0.4, -0.2) is 21.3 Å². The molecule has 0 saturated carbocycles. The Balaban J connectivity index is 3.30. The third kappa shape index (κ3) is 3.21. The van der Waals surface area contributed by atoms with E-state index in [0.29, 0.717) is 5.75 Å². The third-order valence-electron chi connectivity index (χ3n) is 2.65. The summed E-state index contributed by atoms with van der Waals surface area (Å²) in [5.41, 5.74) is 0. The summed E-state index contributed by atoms with van der Waals surface area (Å²) in [6.45, 7) is 13.9. The molecule has 1 rings (SSSR count). The van der Waals surface area contributed by atoms with Crippen LogP contribution in [0.5, 0.6) is 5.75 Å².